The number of allylic oxidation sites excluding steroid dienone is 5. The molecule has 3 aliphatic rings. The minimum atomic E-state index is -2.08. The monoisotopic (exact) mass is 773 g/mol. The Labute approximate surface area is 328 Å². The molecule has 3 aliphatic carbocycles. The normalized spacial score (nSPS) is 33.0. The van der Waals surface area contributed by atoms with Gasteiger partial charge in [-0.1, -0.05) is 119 Å². The molecule has 0 bridgehead atoms. The minimum absolute atomic E-state index is 0.00317. The molecule has 0 aromatic heterocycles. The zero-order chi connectivity index (χ0) is 39.8. The van der Waals surface area contributed by atoms with Crippen LogP contribution in [-0.4, -0.2) is 42.8 Å². The van der Waals surface area contributed by atoms with E-state index in [0.29, 0.717) is 16.7 Å². The van der Waals surface area contributed by atoms with Crippen molar-refractivity contribution in [2.45, 2.75) is 221 Å². The molecule has 52 heavy (non-hydrogen) atoms. The Bertz CT molecular complexity index is 1210. The molecule has 0 radical (unpaired) electrons. The minimum Gasteiger partial charge on any atom is -0.411 e. The molecule has 0 spiro atoms. The van der Waals surface area contributed by atoms with Crippen LogP contribution in [0.5, 0.6) is 0 Å². The second-order valence-electron chi connectivity index (χ2n) is 22.6. The molecule has 3 nitrogen and oxygen atoms in total. The number of hydrogen-bond acceptors (Lipinski definition) is 3. The van der Waals surface area contributed by atoms with Gasteiger partial charge in [0.2, 0.25) is 0 Å². The highest BCUT2D eigenvalue weighted by Gasteiger charge is 2.56. The Morgan fingerprint density at radius 2 is 1.29 bits per heavy atom. The summed E-state index contributed by atoms with van der Waals surface area (Å²) < 4.78 is 22.3. The van der Waals surface area contributed by atoms with Gasteiger partial charge < -0.3 is 13.3 Å². The van der Waals surface area contributed by atoms with Crippen LogP contribution >= 0.6 is 0 Å². The Kier molecular flexibility index (Phi) is 14.8. The first-order chi connectivity index (χ1) is 23.5. The first kappa shape index (κ1) is 46.1. The molecule has 3 rings (SSSR count). The molecule has 8 atom stereocenters. The molecule has 302 valence electrons. The van der Waals surface area contributed by atoms with Crippen LogP contribution in [0.15, 0.2) is 36.0 Å². The van der Waals surface area contributed by atoms with Crippen molar-refractivity contribution in [3.05, 3.63) is 36.0 Å². The fourth-order valence-corrected chi connectivity index (χ4v) is 13.9. The lowest BCUT2D eigenvalue weighted by molar-refractivity contribution is -0.122. The lowest BCUT2D eigenvalue weighted by atomic mass is 9.59. The van der Waals surface area contributed by atoms with Crippen molar-refractivity contribution in [2.24, 2.45) is 34.5 Å². The molecule has 5 unspecified atom stereocenters. The summed E-state index contributed by atoms with van der Waals surface area (Å²) >= 11 is 0. The lowest BCUT2D eigenvalue weighted by Gasteiger charge is -2.55. The van der Waals surface area contributed by atoms with E-state index < -0.39 is 30.6 Å². The summed E-state index contributed by atoms with van der Waals surface area (Å²) in [6, 6.07) is 0. The first-order valence-corrected chi connectivity index (χ1v) is 30.9. The van der Waals surface area contributed by atoms with Gasteiger partial charge in [-0.25, -0.2) is 0 Å². The van der Waals surface area contributed by atoms with E-state index in [-0.39, 0.29) is 22.3 Å². The van der Waals surface area contributed by atoms with Gasteiger partial charge in [0.05, 0.1) is 12.2 Å². The molecule has 3 saturated carbocycles. The fourth-order valence-electron chi connectivity index (χ4n) is 9.51. The Hall–Kier alpha value is -0.249. The first-order valence-electron chi connectivity index (χ1n) is 21.6. The van der Waals surface area contributed by atoms with Gasteiger partial charge in [0.25, 0.3) is 0 Å². The average molecular weight is 773 g/mol. The quantitative estimate of drug-likeness (QED) is 0.1000. The third kappa shape index (κ3) is 10.8. The maximum atomic E-state index is 7.47. The van der Waals surface area contributed by atoms with E-state index in [1.54, 1.807) is 5.57 Å². The van der Waals surface area contributed by atoms with Gasteiger partial charge in [-0.05, 0) is 155 Å². The average Bonchev–Trinajstić information content (AvgIpc) is 3.35. The highest BCUT2D eigenvalue weighted by atomic mass is 28.4. The Morgan fingerprint density at radius 3 is 1.75 bits per heavy atom. The third-order valence-corrected chi connectivity index (χ3v) is 25.5. The summed E-state index contributed by atoms with van der Waals surface area (Å²) in [6.45, 7) is 45.5. The number of rotatable bonds is 14. The zero-order valence-electron chi connectivity index (χ0n) is 38.1. The van der Waals surface area contributed by atoms with Crippen molar-refractivity contribution in [1.29, 1.82) is 0 Å². The van der Waals surface area contributed by atoms with Gasteiger partial charge in [0, 0.05) is 0 Å². The van der Waals surface area contributed by atoms with E-state index in [1.807, 2.05) is 0 Å². The van der Waals surface area contributed by atoms with Gasteiger partial charge in [-0.15, -0.1) is 0 Å². The highest BCUT2D eigenvalue weighted by Crippen LogP contribution is 2.60. The summed E-state index contributed by atoms with van der Waals surface area (Å²) in [7, 11) is -6.10. The molecular weight excluding hydrogens is 685 g/mol. The highest BCUT2D eigenvalue weighted by molar-refractivity contribution is 6.74. The van der Waals surface area contributed by atoms with Gasteiger partial charge in [-0.2, -0.15) is 0 Å². The van der Waals surface area contributed by atoms with Crippen molar-refractivity contribution in [3.8, 4) is 0 Å². The van der Waals surface area contributed by atoms with Crippen LogP contribution in [-0.2, 0) is 13.3 Å². The Morgan fingerprint density at radius 1 is 0.769 bits per heavy atom. The van der Waals surface area contributed by atoms with Crippen LogP contribution in [0.25, 0.3) is 0 Å². The molecule has 0 heterocycles. The van der Waals surface area contributed by atoms with Crippen molar-refractivity contribution in [2.75, 3.05) is 0 Å². The van der Waals surface area contributed by atoms with Gasteiger partial charge in [-0.3, -0.25) is 0 Å². The van der Waals surface area contributed by atoms with E-state index in [1.165, 1.54) is 51.4 Å². The third-order valence-electron chi connectivity index (χ3n) is 15.5. The van der Waals surface area contributed by atoms with E-state index >= 15 is 0 Å². The van der Waals surface area contributed by atoms with Crippen LogP contribution in [0, 0.1) is 34.5 Å². The summed E-state index contributed by atoms with van der Waals surface area (Å²) in [5.41, 5.74) is 1.84. The lowest BCUT2D eigenvalue weighted by Crippen LogP contribution is -2.65. The fraction of sp³-hybridized carbons (Fsp3) is 0.870. The predicted molar refractivity (Wildman–Crippen MR) is 237 cm³/mol. The summed E-state index contributed by atoms with van der Waals surface area (Å²) in [4.78, 5) is 0. The van der Waals surface area contributed by atoms with Crippen LogP contribution < -0.4 is 0 Å². The maximum absolute atomic E-state index is 7.47. The SMILES string of the molecule is CCC(C)(/C=C/C=C/[C@@H](C)C1CCC2[C@@H](C/C=C3\CC(O[Si](C)(C)C(C)(C)C)C(C)(O[Si](C)(C)C)[C@H](O[Si](C)(C)C(C)(C)C)C3)CCCC21C)CC. The topological polar surface area (TPSA) is 27.7 Å². The molecule has 0 aromatic carbocycles. The molecule has 3 fully saturated rings. The van der Waals surface area contributed by atoms with Gasteiger partial charge in [0.15, 0.2) is 25.0 Å². The standard InChI is InChI=1S/C46H88O3Si3/c1-20-44(10,21-2)31-23-22-25-35(3)38-29-30-39-37(26-24-32-45(38,39)11)28-27-36-33-40(47-51(16,17)42(4,5)6)46(12,49-50(13,14)15)41(34-36)48-52(18,19)43(7,8)9/h22-23,25,27,31,35,37-41H,20-21,24,26,28-30,32-34H2,1-19H3/b25-22+,31-23+,36-27-/t35-,37-,38?,39?,40-,41?,45?,46?/m1/s1. The van der Waals surface area contributed by atoms with Crippen LogP contribution in [0.2, 0.25) is 55.9 Å². The van der Waals surface area contributed by atoms with E-state index in [4.69, 9.17) is 13.3 Å². The molecule has 0 aliphatic heterocycles. The van der Waals surface area contributed by atoms with Crippen LogP contribution in [0.4, 0.5) is 0 Å². The van der Waals surface area contributed by atoms with Crippen molar-refractivity contribution in [1.82, 2.24) is 0 Å². The van der Waals surface area contributed by atoms with Crippen molar-refractivity contribution >= 4 is 25.0 Å². The van der Waals surface area contributed by atoms with E-state index in [2.05, 4.69) is 159 Å². The number of hydrogen-bond donors (Lipinski definition) is 0. The molecule has 0 N–H and O–H groups in total. The molecular formula is C46H88O3Si3. The predicted octanol–water partition coefficient (Wildman–Crippen LogP) is 14.9. The smallest absolute Gasteiger partial charge is 0.192 e. The van der Waals surface area contributed by atoms with Gasteiger partial charge in [0.1, 0.15) is 5.60 Å². The molecule has 0 saturated heterocycles. The van der Waals surface area contributed by atoms with Gasteiger partial charge >= 0.3 is 0 Å². The van der Waals surface area contributed by atoms with Crippen LogP contribution in [0.3, 0.4) is 0 Å². The zero-order valence-corrected chi connectivity index (χ0v) is 41.1. The molecule has 0 aromatic rings. The van der Waals surface area contributed by atoms with E-state index in [9.17, 15) is 0 Å². The number of fused-ring (bicyclic) bond motifs is 1. The summed E-state index contributed by atoms with van der Waals surface area (Å²) in [5.74, 6) is 2.99. The Balaban J connectivity index is 1.93. The van der Waals surface area contributed by atoms with Crippen molar-refractivity contribution in [3.63, 3.8) is 0 Å². The second kappa shape index (κ2) is 16.7. The summed E-state index contributed by atoms with van der Waals surface area (Å²) in [6.07, 6.45) is 24.8. The second-order valence-corrected chi connectivity index (χ2v) is 36.5. The van der Waals surface area contributed by atoms with Crippen molar-refractivity contribution < 1.29 is 13.3 Å². The summed E-state index contributed by atoms with van der Waals surface area (Å²) in [5, 5.41) is 0.258. The van der Waals surface area contributed by atoms with Crippen LogP contribution in [0.1, 0.15) is 147 Å². The molecule has 0 amide bonds. The van der Waals surface area contributed by atoms with E-state index in [0.717, 1.165) is 30.6 Å². The largest absolute Gasteiger partial charge is 0.411 e. The maximum Gasteiger partial charge on any atom is 0.192 e. The molecule has 6 heteroatoms.